The van der Waals surface area contributed by atoms with Crippen LogP contribution >= 0.6 is 0 Å². The second kappa shape index (κ2) is 5.97. The molecule has 0 saturated heterocycles. The third kappa shape index (κ3) is 2.85. The van der Waals surface area contributed by atoms with E-state index >= 15 is 0 Å². The van der Waals surface area contributed by atoms with Crippen molar-refractivity contribution in [3.8, 4) is 0 Å². The van der Waals surface area contributed by atoms with Crippen LogP contribution in [-0.2, 0) is 11.3 Å². The van der Waals surface area contributed by atoms with E-state index in [1.165, 1.54) is 38.2 Å². The Bertz CT molecular complexity index is 744. The number of nitro groups is 1. The minimum atomic E-state index is -0.554. The van der Waals surface area contributed by atoms with Gasteiger partial charge in [0, 0.05) is 25.2 Å². The van der Waals surface area contributed by atoms with E-state index in [1.807, 2.05) is 11.9 Å². The molecule has 1 aromatic heterocycles. The average Bonchev–Trinajstić information content (AvgIpc) is 2.55. The molecule has 7 nitrogen and oxygen atoms in total. The summed E-state index contributed by atoms with van der Waals surface area (Å²) in [6.45, 7) is -0.139. The van der Waals surface area contributed by atoms with Crippen LogP contribution in [0.25, 0.3) is 0 Å². The van der Waals surface area contributed by atoms with Crippen molar-refractivity contribution in [2.45, 2.75) is 44.7 Å². The molecule has 4 bridgehead atoms. The summed E-state index contributed by atoms with van der Waals surface area (Å²) in [6, 6.07) is 2.58. The molecule has 4 aliphatic carbocycles. The van der Waals surface area contributed by atoms with E-state index in [1.54, 1.807) is 0 Å². The quantitative estimate of drug-likeness (QED) is 0.617. The van der Waals surface area contributed by atoms with Gasteiger partial charge in [0.05, 0.1) is 11.1 Å². The first-order chi connectivity index (χ1) is 11.9. The van der Waals surface area contributed by atoms with Gasteiger partial charge in [0.1, 0.15) is 6.54 Å². The number of amides is 1. The predicted octanol–water partition coefficient (Wildman–Crippen LogP) is 2.04. The van der Waals surface area contributed by atoms with Crippen molar-refractivity contribution >= 4 is 11.6 Å². The number of pyridine rings is 1. The molecule has 0 atom stereocenters. The zero-order chi connectivity index (χ0) is 17.7. The third-order valence-corrected chi connectivity index (χ3v) is 6.50. The molecular weight excluding hydrogens is 322 g/mol. The van der Waals surface area contributed by atoms with E-state index in [4.69, 9.17) is 0 Å². The van der Waals surface area contributed by atoms with Gasteiger partial charge in [-0.25, -0.2) is 0 Å². The summed E-state index contributed by atoms with van der Waals surface area (Å²) >= 11 is 0. The van der Waals surface area contributed by atoms with Crippen molar-refractivity contribution in [2.24, 2.45) is 23.7 Å². The minimum absolute atomic E-state index is 0.139. The van der Waals surface area contributed by atoms with E-state index in [0.717, 1.165) is 28.7 Å². The number of nitrogens with zero attached hydrogens (tertiary/aromatic N) is 3. The highest BCUT2D eigenvalue weighted by atomic mass is 16.6. The first-order valence-corrected chi connectivity index (χ1v) is 9.03. The number of rotatable bonds is 4. The molecule has 1 amide bonds. The molecule has 7 heteroatoms. The molecule has 4 aliphatic rings. The van der Waals surface area contributed by atoms with Gasteiger partial charge in [0.15, 0.2) is 0 Å². The molecule has 0 N–H and O–H groups in total. The van der Waals surface area contributed by atoms with Crippen LogP contribution in [0.15, 0.2) is 23.1 Å². The largest absolute Gasteiger partial charge is 0.341 e. The van der Waals surface area contributed by atoms with Crippen LogP contribution in [0.5, 0.6) is 0 Å². The molecule has 1 aromatic rings. The number of likely N-dealkylation sites (N-methyl/N-ethyl adjacent to an activating group) is 1. The molecule has 4 saturated carbocycles. The second-order valence-corrected chi connectivity index (χ2v) is 8.04. The van der Waals surface area contributed by atoms with Gasteiger partial charge >= 0.3 is 0 Å². The zero-order valence-electron chi connectivity index (χ0n) is 14.3. The van der Waals surface area contributed by atoms with Crippen LogP contribution in [0, 0.1) is 33.8 Å². The monoisotopic (exact) mass is 345 g/mol. The van der Waals surface area contributed by atoms with Gasteiger partial charge in [-0.1, -0.05) is 0 Å². The van der Waals surface area contributed by atoms with Crippen LogP contribution in [0.4, 0.5) is 5.69 Å². The van der Waals surface area contributed by atoms with Gasteiger partial charge in [0.2, 0.25) is 5.91 Å². The van der Waals surface area contributed by atoms with Crippen molar-refractivity contribution in [3.05, 3.63) is 38.8 Å². The van der Waals surface area contributed by atoms with E-state index in [0.29, 0.717) is 11.8 Å². The van der Waals surface area contributed by atoms with Crippen molar-refractivity contribution in [3.63, 3.8) is 0 Å². The summed E-state index contributed by atoms with van der Waals surface area (Å²) in [6.07, 6.45) is 7.38. The minimum Gasteiger partial charge on any atom is -0.341 e. The first kappa shape index (κ1) is 16.3. The molecule has 0 aliphatic heterocycles. The number of carbonyl (C=O) groups is 1. The van der Waals surface area contributed by atoms with Crippen molar-refractivity contribution in [1.29, 1.82) is 0 Å². The molecule has 5 rings (SSSR count). The van der Waals surface area contributed by atoms with E-state index in [2.05, 4.69) is 0 Å². The Hall–Kier alpha value is -2.18. The highest BCUT2D eigenvalue weighted by molar-refractivity contribution is 5.76. The van der Waals surface area contributed by atoms with Gasteiger partial charge in [-0.3, -0.25) is 24.3 Å². The maximum Gasteiger partial charge on any atom is 0.285 e. The molecule has 4 fully saturated rings. The van der Waals surface area contributed by atoms with Crippen molar-refractivity contribution in [1.82, 2.24) is 9.47 Å². The normalized spacial score (nSPS) is 32.6. The fraction of sp³-hybridized carbons (Fsp3) is 0.667. The molecule has 25 heavy (non-hydrogen) atoms. The van der Waals surface area contributed by atoms with Gasteiger partial charge in [-0.2, -0.15) is 0 Å². The SMILES string of the molecule is CN(C(=O)Cn1cc([N+](=O)[O-])ccc1=O)C1C2CC3CC(C2)CC1C3. The number of hydrogen-bond acceptors (Lipinski definition) is 4. The fourth-order valence-electron chi connectivity index (χ4n) is 5.70. The lowest BCUT2D eigenvalue weighted by molar-refractivity contribution is -0.385. The van der Waals surface area contributed by atoms with Crippen LogP contribution in [0.3, 0.4) is 0 Å². The summed E-state index contributed by atoms with van der Waals surface area (Å²) in [4.78, 5) is 36.9. The smallest absolute Gasteiger partial charge is 0.285 e. The molecular formula is C18H23N3O4. The van der Waals surface area contributed by atoms with Crippen LogP contribution in [0.1, 0.15) is 32.1 Å². The van der Waals surface area contributed by atoms with Gasteiger partial charge in [-0.05, 0) is 55.8 Å². The molecule has 0 radical (unpaired) electrons. The summed E-state index contributed by atoms with van der Waals surface area (Å²) in [7, 11) is 1.83. The Balaban J connectivity index is 1.51. The Morgan fingerprint density at radius 1 is 1.20 bits per heavy atom. The summed E-state index contributed by atoms with van der Waals surface area (Å²) in [5, 5.41) is 10.9. The zero-order valence-corrected chi connectivity index (χ0v) is 14.3. The Morgan fingerprint density at radius 3 is 2.36 bits per heavy atom. The van der Waals surface area contributed by atoms with Gasteiger partial charge in [-0.15, -0.1) is 0 Å². The molecule has 0 aromatic carbocycles. The summed E-state index contributed by atoms with van der Waals surface area (Å²) in [5.74, 6) is 2.68. The number of aromatic nitrogens is 1. The van der Waals surface area contributed by atoms with Crippen LogP contribution < -0.4 is 5.56 Å². The number of hydrogen-bond donors (Lipinski definition) is 0. The molecule has 0 unspecified atom stereocenters. The lowest BCUT2D eigenvalue weighted by Gasteiger charge is -2.56. The van der Waals surface area contributed by atoms with E-state index in [9.17, 15) is 19.7 Å². The summed E-state index contributed by atoms with van der Waals surface area (Å²) < 4.78 is 1.15. The molecule has 0 spiro atoms. The average molecular weight is 345 g/mol. The van der Waals surface area contributed by atoms with Gasteiger partial charge < -0.3 is 4.90 Å². The maximum absolute atomic E-state index is 12.8. The van der Waals surface area contributed by atoms with E-state index in [-0.39, 0.29) is 24.2 Å². The third-order valence-electron chi connectivity index (χ3n) is 6.50. The second-order valence-electron chi connectivity index (χ2n) is 8.04. The van der Waals surface area contributed by atoms with Crippen LogP contribution in [-0.4, -0.2) is 33.4 Å². The lowest BCUT2D eigenvalue weighted by Crippen LogP contribution is -2.56. The maximum atomic E-state index is 12.8. The van der Waals surface area contributed by atoms with E-state index < -0.39 is 10.5 Å². The topological polar surface area (TPSA) is 85.4 Å². The highest BCUT2D eigenvalue weighted by Crippen LogP contribution is 2.54. The Kier molecular flexibility index (Phi) is 3.89. The fourth-order valence-corrected chi connectivity index (χ4v) is 5.70. The standard InChI is InChI=1S/C18H23N3O4/c1-19(18-13-5-11-4-12(7-13)8-14(18)6-11)17(23)10-20-9-15(21(24)25)2-3-16(20)22/h2-3,9,11-14,18H,4-8,10H2,1H3. The molecule has 1 heterocycles. The van der Waals surface area contributed by atoms with Gasteiger partial charge in [0.25, 0.3) is 11.2 Å². The Labute approximate surface area is 145 Å². The molecule has 134 valence electrons. The summed E-state index contributed by atoms with van der Waals surface area (Å²) in [5.41, 5.74) is -0.567. The number of carbonyl (C=O) groups excluding carboxylic acids is 1. The predicted molar refractivity (Wildman–Crippen MR) is 91.0 cm³/mol. The lowest BCUT2D eigenvalue weighted by atomic mass is 9.54. The van der Waals surface area contributed by atoms with Crippen molar-refractivity contribution < 1.29 is 9.72 Å². The first-order valence-electron chi connectivity index (χ1n) is 9.03. The Morgan fingerprint density at radius 2 is 1.80 bits per heavy atom. The van der Waals surface area contributed by atoms with Crippen LogP contribution in [0.2, 0.25) is 0 Å². The highest BCUT2D eigenvalue weighted by Gasteiger charge is 2.50. The van der Waals surface area contributed by atoms with Crippen molar-refractivity contribution in [2.75, 3.05) is 7.05 Å².